The Morgan fingerprint density at radius 2 is 2.11 bits per heavy atom. The number of phenolic OH excluding ortho intramolecular Hbond substituents is 1. The smallest absolute Gasteiger partial charge is 0.222 e. The van der Waals surface area contributed by atoms with Gasteiger partial charge in [0.1, 0.15) is 11.4 Å². The Kier molecular flexibility index (Phi) is 2.10. The second kappa shape index (κ2) is 3.53. The molecule has 3 rings (SSSR count). The van der Waals surface area contributed by atoms with Crippen molar-refractivity contribution in [3.63, 3.8) is 0 Å². The second-order valence-electron chi connectivity index (χ2n) is 4.34. The van der Waals surface area contributed by atoms with E-state index in [-0.39, 0.29) is 5.75 Å². The number of aryl methyl sites for hydroxylation is 1. The van der Waals surface area contributed by atoms with Gasteiger partial charge in [0.05, 0.1) is 5.52 Å². The van der Waals surface area contributed by atoms with Crippen molar-refractivity contribution in [2.24, 2.45) is 7.05 Å². The summed E-state index contributed by atoms with van der Waals surface area (Å²) in [6.45, 7) is 2.00. The molecule has 0 fully saturated rings. The summed E-state index contributed by atoms with van der Waals surface area (Å²) >= 11 is 0. The minimum atomic E-state index is 0.245. The monoisotopic (exact) mass is 243 g/mol. The first-order valence-corrected chi connectivity index (χ1v) is 5.58. The second-order valence-corrected chi connectivity index (χ2v) is 4.34. The van der Waals surface area contributed by atoms with E-state index in [0.29, 0.717) is 11.6 Å². The summed E-state index contributed by atoms with van der Waals surface area (Å²) < 4.78 is 6.93. The van der Waals surface area contributed by atoms with Crippen molar-refractivity contribution < 1.29 is 9.63 Å². The van der Waals surface area contributed by atoms with Crippen molar-refractivity contribution in [1.82, 2.24) is 9.72 Å². The predicted octanol–water partition coefficient (Wildman–Crippen LogP) is 2.43. The molecule has 5 nitrogen and oxygen atoms in total. The van der Waals surface area contributed by atoms with E-state index in [9.17, 15) is 5.11 Å². The predicted molar refractivity (Wildman–Crippen MR) is 69.2 cm³/mol. The molecule has 0 saturated heterocycles. The van der Waals surface area contributed by atoms with Crippen molar-refractivity contribution >= 4 is 16.8 Å². The van der Waals surface area contributed by atoms with Crippen LogP contribution < -0.4 is 5.73 Å². The minimum Gasteiger partial charge on any atom is -0.508 e. The molecule has 0 radical (unpaired) electrons. The summed E-state index contributed by atoms with van der Waals surface area (Å²) in [5, 5.41) is 14.5. The van der Waals surface area contributed by atoms with Gasteiger partial charge in [0.2, 0.25) is 5.88 Å². The van der Waals surface area contributed by atoms with E-state index in [1.807, 2.05) is 24.6 Å². The molecule has 92 valence electrons. The van der Waals surface area contributed by atoms with Gasteiger partial charge in [-0.25, -0.2) is 0 Å². The van der Waals surface area contributed by atoms with Crippen LogP contribution in [0.4, 0.5) is 5.88 Å². The van der Waals surface area contributed by atoms with Gasteiger partial charge in [-0.05, 0) is 19.1 Å². The summed E-state index contributed by atoms with van der Waals surface area (Å²) in [6, 6.07) is 6.97. The van der Waals surface area contributed by atoms with Crippen LogP contribution in [-0.4, -0.2) is 14.8 Å². The number of hydrogen-bond donors (Lipinski definition) is 2. The number of aromatic hydroxyl groups is 1. The van der Waals surface area contributed by atoms with E-state index in [0.717, 1.165) is 22.2 Å². The number of aromatic nitrogens is 2. The molecule has 5 heteroatoms. The molecule has 0 aliphatic rings. The van der Waals surface area contributed by atoms with Crippen LogP contribution in [-0.2, 0) is 7.05 Å². The van der Waals surface area contributed by atoms with Crippen LogP contribution in [0.2, 0.25) is 0 Å². The van der Waals surface area contributed by atoms with E-state index >= 15 is 0 Å². The number of rotatable bonds is 1. The van der Waals surface area contributed by atoms with E-state index < -0.39 is 0 Å². The van der Waals surface area contributed by atoms with Gasteiger partial charge >= 0.3 is 0 Å². The normalized spacial score (nSPS) is 11.2. The Hall–Kier alpha value is -2.43. The number of anilines is 1. The molecule has 18 heavy (non-hydrogen) atoms. The van der Waals surface area contributed by atoms with Crippen LogP contribution in [0.15, 0.2) is 28.8 Å². The Bertz CT molecular complexity index is 740. The molecule has 0 amide bonds. The molecule has 0 aliphatic carbocycles. The molecule has 0 saturated carbocycles. The fourth-order valence-corrected chi connectivity index (χ4v) is 2.28. The van der Waals surface area contributed by atoms with Crippen molar-refractivity contribution in [2.45, 2.75) is 6.92 Å². The Morgan fingerprint density at radius 3 is 2.78 bits per heavy atom. The van der Waals surface area contributed by atoms with Crippen LogP contribution in [0.1, 0.15) is 5.69 Å². The zero-order chi connectivity index (χ0) is 12.9. The fraction of sp³-hybridized carbons (Fsp3) is 0.154. The molecule has 3 N–H and O–H groups in total. The molecule has 3 aromatic rings. The van der Waals surface area contributed by atoms with Gasteiger partial charge in [-0.3, -0.25) is 0 Å². The number of nitrogens with zero attached hydrogens (tertiary/aromatic N) is 2. The lowest BCUT2D eigenvalue weighted by atomic mass is 10.1. The molecule has 0 spiro atoms. The number of nitrogens with two attached hydrogens (primary N) is 1. The summed E-state index contributed by atoms with van der Waals surface area (Å²) in [7, 11) is 1.95. The van der Waals surface area contributed by atoms with Crippen molar-refractivity contribution in [1.29, 1.82) is 0 Å². The SMILES string of the molecule is Cc1c(-c2cc(N)on2)c2ccc(O)cc2n1C. The van der Waals surface area contributed by atoms with Crippen LogP contribution in [0.25, 0.3) is 22.2 Å². The molecule has 1 aromatic carbocycles. The van der Waals surface area contributed by atoms with Crippen LogP contribution >= 0.6 is 0 Å². The van der Waals surface area contributed by atoms with E-state index in [2.05, 4.69) is 5.16 Å². The standard InChI is InChI=1S/C13H13N3O2/c1-7-13(10-6-12(14)18-15-10)9-4-3-8(17)5-11(9)16(7)2/h3-6,17H,14H2,1-2H3. The highest BCUT2D eigenvalue weighted by molar-refractivity contribution is 5.97. The summed E-state index contributed by atoms with van der Waals surface area (Å²) in [5.74, 6) is 0.537. The molecule has 0 atom stereocenters. The molecule has 0 bridgehead atoms. The highest BCUT2D eigenvalue weighted by Crippen LogP contribution is 2.35. The van der Waals surface area contributed by atoms with Crippen LogP contribution in [0.3, 0.4) is 0 Å². The largest absolute Gasteiger partial charge is 0.508 e. The maximum Gasteiger partial charge on any atom is 0.222 e. The number of phenols is 1. The molecule has 0 unspecified atom stereocenters. The third kappa shape index (κ3) is 1.37. The lowest BCUT2D eigenvalue weighted by Crippen LogP contribution is -1.90. The van der Waals surface area contributed by atoms with Gasteiger partial charge in [0.25, 0.3) is 0 Å². The van der Waals surface area contributed by atoms with E-state index in [1.54, 1.807) is 18.2 Å². The Labute approximate surface area is 103 Å². The topological polar surface area (TPSA) is 77.2 Å². The molecule has 2 heterocycles. The number of nitrogen functional groups attached to an aromatic ring is 1. The molecular formula is C13H13N3O2. The van der Waals surface area contributed by atoms with Crippen molar-refractivity contribution in [3.05, 3.63) is 30.0 Å². The number of benzene rings is 1. The highest BCUT2D eigenvalue weighted by atomic mass is 16.5. The van der Waals surface area contributed by atoms with Crippen LogP contribution in [0.5, 0.6) is 5.75 Å². The maximum absolute atomic E-state index is 9.56. The van der Waals surface area contributed by atoms with Gasteiger partial charge in [0.15, 0.2) is 0 Å². The Morgan fingerprint density at radius 1 is 1.33 bits per heavy atom. The summed E-state index contributed by atoms with van der Waals surface area (Å²) in [6.07, 6.45) is 0. The average Bonchev–Trinajstić information content (AvgIpc) is 2.85. The number of hydrogen-bond acceptors (Lipinski definition) is 4. The van der Waals surface area contributed by atoms with Crippen molar-refractivity contribution in [3.8, 4) is 17.0 Å². The van der Waals surface area contributed by atoms with E-state index in [1.165, 1.54) is 0 Å². The maximum atomic E-state index is 9.56. The molecule has 2 aromatic heterocycles. The zero-order valence-electron chi connectivity index (χ0n) is 10.1. The quantitative estimate of drug-likeness (QED) is 0.688. The third-order valence-corrected chi connectivity index (χ3v) is 3.26. The highest BCUT2D eigenvalue weighted by Gasteiger charge is 2.16. The lowest BCUT2D eigenvalue weighted by molar-refractivity contribution is 0.439. The first-order valence-electron chi connectivity index (χ1n) is 5.58. The van der Waals surface area contributed by atoms with Crippen LogP contribution in [0, 0.1) is 6.92 Å². The van der Waals surface area contributed by atoms with E-state index in [4.69, 9.17) is 10.3 Å². The third-order valence-electron chi connectivity index (χ3n) is 3.26. The summed E-state index contributed by atoms with van der Waals surface area (Å²) in [4.78, 5) is 0. The molecular weight excluding hydrogens is 230 g/mol. The average molecular weight is 243 g/mol. The molecule has 0 aliphatic heterocycles. The van der Waals surface area contributed by atoms with Gasteiger partial charge < -0.3 is 19.9 Å². The summed E-state index contributed by atoms with van der Waals surface area (Å²) in [5.41, 5.74) is 9.25. The van der Waals surface area contributed by atoms with Gasteiger partial charge in [0, 0.05) is 35.8 Å². The first-order chi connectivity index (χ1) is 8.58. The van der Waals surface area contributed by atoms with Gasteiger partial charge in [-0.2, -0.15) is 0 Å². The fourth-order valence-electron chi connectivity index (χ4n) is 2.28. The van der Waals surface area contributed by atoms with Gasteiger partial charge in [-0.15, -0.1) is 0 Å². The van der Waals surface area contributed by atoms with Gasteiger partial charge in [-0.1, -0.05) is 5.16 Å². The van der Waals surface area contributed by atoms with Crippen molar-refractivity contribution in [2.75, 3.05) is 5.73 Å². The minimum absolute atomic E-state index is 0.245. The zero-order valence-corrected chi connectivity index (χ0v) is 10.1. The lowest BCUT2D eigenvalue weighted by Gasteiger charge is -1.98. The Balaban J connectivity index is 2.39. The first kappa shape index (κ1) is 10.7. The number of fused-ring (bicyclic) bond motifs is 1.